The van der Waals surface area contributed by atoms with Gasteiger partial charge in [-0.1, -0.05) is 78.9 Å². The Bertz CT molecular complexity index is 993. The largest absolute Gasteiger partial charge is 0.496 e. The smallest absolute Gasteiger partial charge is 0.329 e. The minimum Gasteiger partial charge on any atom is -0.496 e. The van der Waals surface area contributed by atoms with Crippen molar-refractivity contribution in [2.24, 2.45) is 0 Å². The van der Waals surface area contributed by atoms with Crippen LogP contribution in [0.4, 0.5) is 0 Å². The van der Waals surface area contributed by atoms with Crippen LogP contribution in [0.2, 0.25) is 0 Å². The van der Waals surface area contributed by atoms with Gasteiger partial charge in [-0.2, -0.15) is 5.26 Å². The van der Waals surface area contributed by atoms with Gasteiger partial charge in [0.05, 0.1) is 13.2 Å². The number of methoxy groups -OCH3 is 1. The maximum Gasteiger partial charge on any atom is 0.329 e. The molecule has 0 saturated carbocycles. The molecule has 3 aromatic rings. The number of carbonyl (C=O) groups is 1. The first-order valence-corrected chi connectivity index (χ1v) is 8.99. The van der Waals surface area contributed by atoms with Crippen molar-refractivity contribution in [1.29, 1.82) is 5.26 Å². The summed E-state index contributed by atoms with van der Waals surface area (Å²) in [6.45, 7) is 0. The average Bonchev–Trinajstić information content (AvgIpc) is 2.73. The summed E-state index contributed by atoms with van der Waals surface area (Å²) in [6.07, 6.45) is 0.648. The van der Waals surface area contributed by atoms with Crippen LogP contribution in [0.3, 0.4) is 0 Å². The number of nitrogens with zero attached hydrogens (tertiary/aromatic N) is 1. The van der Waals surface area contributed by atoms with E-state index in [4.69, 9.17) is 4.74 Å². The van der Waals surface area contributed by atoms with E-state index in [-0.39, 0.29) is 6.42 Å². The Morgan fingerprint density at radius 3 is 2.11 bits per heavy atom. The van der Waals surface area contributed by atoms with Crippen molar-refractivity contribution < 1.29 is 14.6 Å². The monoisotopic (exact) mass is 371 g/mol. The quantitative estimate of drug-likeness (QED) is 0.669. The van der Waals surface area contributed by atoms with E-state index in [0.717, 1.165) is 16.7 Å². The normalized spacial score (nSPS) is 12.6. The Morgan fingerprint density at radius 1 is 0.964 bits per heavy atom. The molecular weight excluding hydrogens is 350 g/mol. The van der Waals surface area contributed by atoms with E-state index >= 15 is 0 Å². The first-order chi connectivity index (χ1) is 13.6. The standard InChI is InChI=1S/C24H21NO3/c1-28-22-20(15-18-9-4-2-5-10-18)13-8-14-21(22)24(17-25,23(26)27)16-19-11-6-3-7-12-19/h2-14H,15-16H2,1H3,(H,26,27). The second kappa shape index (κ2) is 8.41. The zero-order valence-corrected chi connectivity index (χ0v) is 15.6. The summed E-state index contributed by atoms with van der Waals surface area (Å²) in [5, 5.41) is 20.0. The lowest BCUT2D eigenvalue weighted by Crippen LogP contribution is -2.37. The molecule has 0 heterocycles. The Kier molecular flexibility index (Phi) is 5.76. The molecule has 4 nitrogen and oxygen atoms in total. The lowest BCUT2D eigenvalue weighted by molar-refractivity contribution is -0.141. The number of benzene rings is 3. The summed E-state index contributed by atoms with van der Waals surface area (Å²) >= 11 is 0. The summed E-state index contributed by atoms with van der Waals surface area (Å²) in [5.41, 5.74) is 1.35. The summed E-state index contributed by atoms with van der Waals surface area (Å²) < 4.78 is 5.63. The molecule has 4 heteroatoms. The molecule has 1 atom stereocenters. The SMILES string of the molecule is COc1c(Cc2ccccc2)cccc1C(C#N)(Cc1ccccc1)C(=O)O. The molecule has 140 valence electrons. The van der Waals surface area contributed by atoms with Crippen LogP contribution in [0.5, 0.6) is 5.75 Å². The van der Waals surface area contributed by atoms with Crippen LogP contribution >= 0.6 is 0 Å². The number of nitriles is 1. The van der Waals surface area contributed by atoms with Crippen LogP contribution in [0.1, 0.15) is 22.3 Å². The Morgan fingerprint density at radius 2 is 1.57 bits per heavy atom. The topological polar surface area (TPSA) is 70.3 Å². The fourth-order valence-corrected chi connectivity index (χ4v) is 3.45. The first kappa shape index (κ1) is 19.2. The molecule has 0 saturated heterocycles. The van der Waals surface area contributed by atoms with E-state index in [2.05, 4.69) is 6.07 Å². The molecule has 0 aliphatic heterocycles. The highest BCUT2D eigenvalue weighted by molar-refractivity contribution is 5.87. The third-order valence-corrected chi connectivity index (χ3v) is 4.87. The number of ether oxygens (including phenoxy) is 1. The van der Waals surface area contributed by atoms with Gasteiger partial charge in [-0.25, -0.2) is 0 Å². The first-order valence-electron chi connectivity index (χ1n) is 8.99. The summed E-state index contributed by atoms with van der Waals surface area (Å²) in [7, 11) is 1.51. The highest BCUT2D eigenvalue weighted by atomic mass is 16.5. The molecule has 3 aromatic carbocycles. The fourth-order valence-electron chi connectivity index (χ4n) is 3.45. The number of aliphatic carboxylic acids is 1. The molecule has 0 radical (unpaired) electrons. The van der Waals surface area contributed by atoms with Crippen molar-refractivity contribution in [3.05, 3.63) is 101 Å². The van der Waals surface area contributed by atoms with E-state index in [1.807, 2.05) is 66.7 Å². The molecule has 0 amide bonds. The van der Waals surface area contributed by atoms with E-state index in [1.165, 1.54) is 7.11 Å². The molecule has 28 heavy (non-hydrogen) atoms. The van der Waals surface area contributed by atoms with Crippen molar-refractivity contribution in [3.63, 3.8) is 0 Å². The van der Waals surface area contributed by atoms with Gasteiger partial charge in [0, 0.05) is 18.4 Å². The molecule has 0 aliphatic carbocycles. The third-order valence-electron chi connectivity index (χ3n) is 4.87. The van der Waals surface area contributed by atoms with Crippen LogP contribution in [0.15, 0.2) is 78.9 Å². The van der Waals surface area contributed by atoms with Gasteiger partial charge >= 0.3 is 5.97 Å². The van der Waals surface area contributed by atoms with Crippen molar-refractivity contribution in [1.82, 2.24) is 0 Å². The number of hydrogen-bond acceptors (Lipinski definition) is 3. The number of hydrogen-bond donors (Lipinski definition) is 1. The number of rotatable bonds is 7. The van der Waals surface area contributed by atoms with Crippen LogP contribution in [0.25, 0.3) is 0 Å². The van der Waals surface area contributed by atoms with Gasteiger partial charge in [0.2, 0.25) is 0 Å². The van der Waals surface area contributed by atoms with Gasteiger partial charge in [-0.15, -0.1) is 0 Å². The fraction of sp³-hybridized carbons (Fsp3) is 0.167. The second-order valence-electron chi connectivity index (χ2n) is 6.64. The predicted molar refractivity (Wildman–Crippen MR) is 107 cm³/mol. The Balaban J connectivity index is 2.11. The minimum atomic E-state index is -1.74. The lowest BCUT2D eigenvalue weighted by Gasteiger charge is -2.26. The molecule has 0 fully saturated rings. The Hall–Kier alpha value is -3.58. The maximum absolute atomic E-state index is 12.3. The highest BCUT2D eigenvalue weighted by Crippen LogP contribution is 2.38. The van der Waals surface area contributed by atoms with Crippen molar-refractivity contribution >= 4 is 5.97 Å². The molecule has 0 bridgehead atoms. The van der Waals surface area contributed by atoms with Crippen molar-refractivity contribution in [2.75, 3.05) is 7.11 Å². The van der Waals surface area contributed by atoms with E-state index < -0.39 is 11.4 Å². The maximum atomic E-state index is 12.3. The van der Waals surface area contributed by atoms with Crippen LogP contribution < -0.4 is 4.74 Å². The van der Waals surface area contributed by atoms with Gasteiger partial charge < -0.3 is 9.84 Å². The van der Waals surface area contributed by atoms with Gasteiger partial charge in [0.1, 0.15) is 5.75 Å². The van der Waals surface area contributed by atoms with Crippen molar-refractivity contribution in [2.45, 2.75) is 18.3 Å². The van der Waals surface area contributed by atoms with Gasteiger partial charge in [0.25, 0.3) is 0 Å². The molecule has 0 spiro atoms. The average molecular weight is 371 g/mol. The molecule has 1 unspecified atom stereocenters. The van der Waals surface area contributed by atoms with Crippen LogP contribution in [-0.2, 0) is 23.1 Å². The molecule has 0 aromatic heterocycles. The van der Waals surface area contributed by atoms with E-state index in [0.29, 0.717) is 17.7 Å². The number of carboxylic acids is 1. The number of para-hydroxylation sites is 1. The molecule has 0 aliphatic rings. The van der Waals surface area contributed by atoms with Gasteiger partial charge in [0.15, 0.2) is 5.41 Å². The van der Waals surface area contributed by atoms with Crippen LogP contribution in [0, 0.1) is 11.3 Å². The predicted octanol–water partition coefficient (Wildman–Crippen LogP) is 4.37. The van der Waals surface area contributed by atoms with E-state index in [9.17, 15) is 15.2 Å². The lowest BCUT2D eigenvalue weighted by atomic mass is 9.75. The summed E-state index contributed by atoms with van der Waals surface area (Å²) in [5.74, 6) is -0.736. The van der Waals surface area contributed by atoms with E-state index in [1.54, 1.807) is 12.1 Å². The molecule has 3 rings (SSSR count). The van der Waals surface area contributed by atoms with Crippen molar-refractivity contribution in [3.8, 4) is 11.8 Å². The zero-order chi connectivity index (χ0) is 20.0. The summed E-state index contributed by atoms with van der Waals surface area (Å²) in [6, 6.07) is 26.5. The van der Waals surface area contributed by atoms with Gasteiger partial charge in [-0.05, 0) is 16.7 Å². The molecular formula is C24H21NO3. The van der Waals surface area contributed by atoms with Gasteiger partial charge in [-0.3, -0.25) is 4.79 Å². The second-order valence-corrected chi connectivity index (χ2v) is 6.64. The Labute approximate surface area is 164 Å². The minimum absolute atomic E-state index is 0.0603. The zero-order valence-electron chi connectivity index (χ0n) is 15.6. The third kappa shape index (κ3) is 3.74. The highest BCUT2D eigenvalue weighted by Gasteiger charge is 2.43. The summed E-state index contributed by atoms with van der Waals surface area (Å²) in [4.78, 5) is 12.3. The number of carboxylic acid groups (broad SMARTS) is 1. The van der Waals surface area contributed by atoms with Crippen LogP contribution in [-0.4, -0.2) is 18.2 Å². The molecule has 1 N–H and O–H groups in total.